The quantitative estimate of drug-likeness (QED) is 0.450. The fourth-order valence-corrected chi connectivity index (χ4v) is 5.34. The lowest BCUT2D eigenvalue weighted by molar-refractivity contribution is -0.137. The van der Waals surface area contributed by atoms with E-state index in [0.29, 0.717) is 68.1 Å². The second-order valence-corrected chi connectivity index (χ2v) is 10.8. The van der Waals surface area contributed by atoms with Gasteiger partial charge in [-0.3, -0.25) is 23.9 Å². The Bertz CT molecular complexity index is 1430. The van der Waals surface area contributed by atoms with Crippen LogP contribution in [0.2, 0.25) is 0 Å². The third kappa shape index (κ3) is 5.58. The highest BCUT2D eigenvalue weighted by Gasteiger charge is 2.39. The number of nitrogens with one attached hydrogen (secondary N) is 1. The Hall–Kier alpha value is -3.61. The summed E-state index contributed by atoms with van der Waals surface area (Å²) in [4.78, 5) is 46.5. The molecule has 2 amide bonds. The van der Waals surface area contributed by atoms with E-state index in [4.69, 9.17) is 4.74 Å². The summed E-state index contributed by atoms with van der Waals surface area (Å²) in [5, 5.41) is 18.8. The fraction of sp³-hybridized carbons (Fsp3) is 0.519. The monoisotopic (exact) mass is 535 g/mol. The molecule has 39 heavy (non-hydrogen) atoms. The maximum Gasteiger partial charge on any atom is 0.264 e. The molecule has 1 saturated carbocycles. The lowest BCUT2D eigenvalue weighted by atomic mass is 9.91. The summed E-state index contributed by atoms with van der Waals surface area (Å²) in [6.07, 6.45) is 5.67. The van der Waals surface area contributed by atoms with Crippen LogP contribution in [0.15, 0.2) is 41.6 Å². The lowest BCUT2D eigenvalue weighted by Gasteiger charge is -2.38. The topological polar surface area (TPSA) is 135 Å². The summed E-state index contributed by atoms with van der Waals surface area (Å²) < 4.78 is 8.32. The van der Waals surface area contributed by atoms with E-state index in [1.54, 1.807) is 16.8 Å². The second kappa shape index (κ2) is 10.5. The zero-order chi connectivity index (χ0) is 27.0. The molecule has 0 unspecified atom stereocenters. The first-order chi connectivity index (χ1) is 18.9. The lowest BCUT2D eigenvalue weighted by Crippen LogP contribution is -2.50. The molecule has 2 aliphatic heterocycles. The standard InChI is InChI=1S/C27H33N7O5/c35-23(16-31-10-12-39-13-11-31)30-20-2-1-3-21(14-20)34-24-22(15-29-34)26(37)33(18-28-24)17-27(38)6-8-32(9-7-27)25(36)19-4-5-19/h1-3,14-15,18-19,38H,4-13,16-17H2,(H,30,35). The molecule has 0 radical (unpaired) electrons. The number of anilines is 1. The summed E-state index contributed by atoms with van der Waals surface area (Å²) in [7, 11) is 0. The summed E-state index contributed by atoms with van der Waals surface area (Å²) >= 11 is 0. The first-order valence-electron chi connectivity index (χ1n) is 13.5. The highest BCUT2D eigenvalue weighted by Crippen LogP contribution is 2.33. The third-order valence-corrected chi connectivity index (χ3v) is 7.80. The van der Waals surface area contributed by atoms with E-state index in [-0.39, 0.29) is 29.8 Å². The number of benzene rings is 1. The van der Waals surface area contributed by atoms with E-state index in [1.807, 2.05) is 21.9 Å². The van der Waals surface area contributed by atoms with Gasteiger partial charge < -0.3 is 20.1 Å². The van der Waals surface area contributed by atoms with E-state index in [0.717, 1.165) is 25.9 Å². The van der Waals surface area contributed by atoms with Crippen molar-refractivity contribution >= 4 is 28.5 Å². The minimum Gasteiger partial charge on any atom is -0.388 e. The number of carbonyl (C=O) groups is 2. The fourth-order valence-electron chi connectivity index (χ4n) is 5.34. The third-order valence-electron chi connectivity index (χ3n) is 7.80. The minimum absolute atomic E-state index is 0.107. The Balaban J connectivity index is 1.15. The summed E-state index contributed by atoms with van der Waals surface area (Å²) in [6, 6.07) is 7.23. The van der Waals surface area contributed by atoms with E-state index >= 15 is 0 Å². The van der Waals surface area contributed by atoms with Gasteiger partial charge >= 0.3 is 0 Å². The van der Waals surface area contributed by atoms with Crippen LogP contribution in [0.25, 0.3) is 16.7 Å². The Labute approximate surface area is 225 Å². The zero-order valence-electron chi connectivity index (χ0n) is 21.8. The largest absolute Gasteiger partial charge is 0.388 e. The number of hydrogen-bond acceptors (Lipinski definition) is 8. The SMILES string of the molecule is O=C(CN1CCOCC1)Nc1cccc(-n2ncc3c(=O)n(CC4(O)CCN(C(=O)C5CC5)CC4)cnc32)c1. The van der Waals surface area contributed by atoms with Crippen LogP contribution in [0.4, 0.5) is 5.69 Å². The van der Waals surface area contributed by atoms with Gasteiger partial charge in [-0.15, -0.1) is 0 Å². The molecule has 12 heteroatoms. The van der Waals surface area contributed by atoms with Crippen molar-refractivity contribution in [2.45, 2.75) is 37.8 Å². The van der Waals surface area contributed by atoms with E-state index in [2.05, 4.69) is 15.4 Å². The number of carbonyl (C=O) groups excluding carboxylic acids is 2. The first-order valence-corrected chi connectivity index (χ1v) is 13.5. The number of aromatic nitrogens is 4. The van der Waals surface area contributed by atoms with Crippen molar-refractivity contribution in [1.29, 1.82) is 0 Å². The molecule has 1 aliphatic carbocycles. The average molecular weight is 536 g/mol. The molecule has 1 aromatic carbocycles. The number of likely N-dealkylation sites (tertiary alicyclic amines) is 1. The van der Waals surface area contributed by atoms with E-state index in [9.17, 15) is 19.5 Å². The van der Waals surface area contributed by atoms with Crippen molar-refractivity contribution in [3.8, 4) is 5.69 Å². The number of hydrogen-bond donors (Lipinski definition) is 2. The molecule has 0 spiro atoms. The van der Waals surface area contributed by atoms with Gasteiger partial charge in [0.15, 0.2) is 5.65 Å². The van der Waals surface area contributed by atoms with Crippen LogP contribution in [0.1, 0.15) is 25.7 Å². The predicted molar refractivity (Wildman–Crippen MR) is 143 cm³/mol. The van der Waals surface area contributed by atoms with Gasteiger partial charge in [0.1, 0.15) is 11.7 Å². The molecule has 3 aliphatic rings. The minimum atomic E-state index is -1.08. The van der Waals surface area contributed by atoms with Crippen molar-refractivity contribution in [2.24, 2.45) is 5.92 Å². The van der Waals surface area contributed by atoms with Crippen LogP contribution in [0.3, 0.4) is 0 Å². The van der Waals surface area contributed by atoms with Gasteiger partial charge in [0.25, 0.3) is 5.56 Å². The highest BCUT2D eigenvalue weighted by atomic mass is 16.5. The molecule has 2 aromatic heterocycles. The van der Waals surface area contributed by atoms with Crippen LogP contribution in [-0.4, -0.2) is 97.6 Å². The molecule has 6 rings (SSSR count). The van der Waals surface area contributed by atoms with Crippen molar-refractivity contribution in [2.75, 3.05) is 51.3 Å². The summed E-state index contributed by atoms with van der Waals surface area (Å²) in [5.41, 5.74) is 0.307. The van der Waals surface area contributed by atoms with Crippen molar-refractivity contribution in [1.82, 2.24) is 29.1 Å². The maximum atomic E-state index is 13.3. The predicted octanol–water partition coefficient (Wildman–Crippen LogP) is 0.616. The van der Waals surface area contributed by atoms with Crippen LogP contribution in [0.5, 0.6) is 0 Å². The van der Waals surface area contributed by atoms with Crippen molar-refractivity contribution in [3.05, 3.63) is 47.1 Å². The Morgan fingerprint density at radius 1 is 1.13 bits per heavy atom. The molecule has 206 valence electrons. The molecule has 12 nitrogen and oxygen atoms in total. The average Bonchev–Trinajstić information content (AvgIpc) is 3.69. The number of rotatable bonds is 7. The summed E-state index contributed by atoms with van der Waals surface area (Å²) in [6.45, 7) is 4.10. The molecule has 4 heterocycles. The molecular formula is C27H33N7O5. The molecule has 0 bridgehead atoms. The maximum absolute atomic E-state index is 13.3. The van der Waals surface area contributed by atoms with Crippen LogP contribution in [-0.2, 0) is 20.9 Å². The van der Waals surface area contributed by atoms with Gasteiger partial charge in [-0.05, 0) is 43.9 Å². The van der Waals surface area contributed by atoms with E-state index < -0.39 is 5.60 Å². The molecule has 3 aromatic rings. The number of ether oxygens (including phenoxy) is 1. The number of amides is 2. The molecular weight excluding hydrogens is 502 g/mol. The highest BCUT2D eigenvalue weighted by molar-refractivity contribution is 5.92. The molecule has 3 fully saturated rings. The Morgan fingerprint density at radius 2 is 1.90 bits per heavy atom. The van der Waals surface area contributed by atoms with Gasteiger partial charge in [-0.1, -0.05) is 6.07 Å². The van der Waals surface area contributed by atoms with Gasteiger partial charge in [0.2, 0.25) is 11.8 Å². The Kier molecular flexibility index (Phi) is 6.92. The zero-order valence-corrected chi connectivity index (χ0v) is 21.8. The van der Waals surface area contributed by atoms with Crippen molar-refractivity contribution in [3.63, 3.8) is 0 Å². The smallest absolute Gasteiger partial charge is 0.264 e. The number of aliphatic hydroxyl groups is 1. The normalized spacial score (nSPS) is 19.8. The van der Waals surface area contributed by atoms with Gasteiger partial charge in [0, 0.05) is 37.8 Å². The van der Waals surface area contributed by atoms with E-state index in [1.165, 1.54) is 17.1 Å². The molecule has 2 N–H and O–H groups in total. The van der Waals surface area contributed by atoms with Gasteiger partial charge in [-0.2, -0.15) is 5.10 Å². The van der Waals surface area contributed by atoms with Crippen LogP contribution < -0.4 is 10.9 Å². The summed E-state index contributed by atoms with van der Waals surface area (Å²) in [5.74, 6) is 0.237. The number of nitrogens with zero attached hydrogens (tertiary/aromatic N) is 6. The Morgan fingerprint density at radius 3 is 2.64 bits per heavy atom. The van der Waals surface area contributed by atoms with Crippen LogP contribution in [0, 0.1) is 5.92 Å². The first kappa shape index (κ1) is 25.7. The van der Waals surface area contributed by atoms with Gasteiger partial charge in [0.05, 0.1) is 43.8 Å². The second-order valence-electron chi connectivity index (χ2n) is 10.8. The molecule has 0 atom stereocenters. The van der Waals surface area contributed by atoms with Crippen molar-refractivity contribution < 1.29 is 19.4 Å². The number of fused-ring (bicyclic) bond motifs is 1. The van der Waals surface area contributed by atoms with Gasteiger partial charge in [-0.25, -0.2) is 9.67 Å². The molecule has 2 saturated heterocycles. The van der Waals surface area contributed by atoms with Crippen LogP contribution >= 0.6 is 0 Å². The number of piperidine rings is 1. The number of morpholine rings is 1.